The van der Waals surface area contributed by atoms with Crippen LogP contribution in [0.2, 0.25) is 5.02 Å². The molecular formula is C18H17ClN2O2. The van der Waals surface area contributed by atoms with Crippen molar-refractivity contribution in [3.8, 4) is 11.8 Å². The first-order valence-corrected chi connectivity index (χ1v) is 7.42. The Kier molecular flexibility index (Phi) is 5.25. The Morgan fingerprint density at radius 2 is 2.04 bits per heavy atom. The highest BCUT2D eigenvalue weighted by Crippen LogP contribution is 2.27. The second-order valence-electron chi connectivity index (χ2n) is 5.21. The molecule has 118 valence electrons. The molecule has 0 saturated carbocycles. The summed E-state index contributed by atoms with van der Waals surface area (Å²) >= 11 is 6.06. The predicted molar refractivity (Wildman–Crippen MR) is 91.3 cm³/mol. The molecule has 0 saturated heterocycles. The maximum absolute atomic E-state index is 11.6. The molecule has 0 N–H and O–H groups in total. The number of nitrogens with zero attached hydrogens (tertiary/aromatic N) is 2. The number of carbonyl (C=O) groups excluding carboxylic acids is 1. The normalized spacial score (nSPS) is 10.0. The quantitative estimate of drug-likeness (QED) is 0.777. The number of halogens is 1. The summed E-state index contributed by atoms with van der Waals surface area (Å²) in [5.41, 5.74) is 2.68. The number of methoxy groups -OCH3 is 1. The Hall–Kier alpha value is -2.51. The molecule has 0 aliphatic heterocycles. The molecule has 0 unspecified atom stereocenters. The molecule has 0 bridgehead atoms. The van der Waals surface area contributed by atoms with Gasteiger partial charge in [0.05, 0.1) is 18.4 Å². The van der Waals surface area contributed by atoms with Crippen LogP contribution in [0.25, 0.3) is 0 Å². The van der Waals surface area contributed by atoms with Crippen molar-refractivity contribution in [1.82, 2.24) is 0 Å². The lowest BCUT2D eigenvalue weighted by Crippen LogP contribution is -2.18. The van der Waals surface area contributed by atoms with E-state index in [1.54, 1.807) is 31.4 Å². The molecule has 2 aromatic carbocycles. The second kappa shape index (κ2) is 7.17. The topological polar surface area (TPSA) is 53.3 Å². The van der Waals surface area contributed by atoms with Gasteiger partial charge in [-0.15, -0.1) is 0 Å². The number of hydrogen-bond acceptors (Lipinski definition) is 4. The van der Waals surface area contributed by atoms with Crippen LogP contribution in [0.1, 0.15) is 28.4 Å². The van der Waals surface area contributed by atoms with E-state index in [0.29, 0.717) is 28.4 Å². The molecule has 0 aliphatic rings. The van der Waals surface area contributed by atoms with E-state index in [2.05, 4.69) is 6.07 Å². The molecule has 2 aromatic rings. The van der Waals surface area contributed by atoms with Gasteiger partial charge in [-0.05, 0) is 43.3 Å². The van der Waals surface area contributed by atoms with Gasteiger partial charge in [-0.2, -0.15) is 5.26 Å². The molecule has 0 spiro atoms. The lowest BCUT2D eigenvalue weighted by atomic mass is 10.1. The van der Waals surface area contributed by atoms with Crippen molar-refractivity contribution in [3.05, 3.63) is 58.1 Å². The lowest BCUT2D eigenvalue weighted by molar-refractivity contribution is 0.101. The van der Waals surface area contributed by atoms with E-state index in [9.17, 15) is 10.1 Å². The van der Waals surface area contributed by atoms with E-state index < -0.39 is 0 Å². The average molecular weight is 329 g/mol. The molecule has 2 rings (SSSR count). The molecular weight excluding hydrogens is 312 g/mol. The molecule has 0 aliphatic carbocycles. The van der Waals surface area contributed by atoms with Crippen molar-refractivity contribution >= 4 is 23.1 Å². The van der Waals surface area contributed by atoms with Crippen molar-refractivity contribution in [2.45, 2.75) is 13.5 Å². The van der Waals surface area contributed by atoms with Gasteiger partial charge in [0.1, 0.15) is 11.8 Å². The van der Waals surface area contributed by atoms with Gasteiger partial charge in [0, 0.05) is 29.7 Å². The third-order valence-corrected chi connectivity index (χ3v) is 3.82. The number of benzene rings is 2. The summed E-state index contributed by atoms with van der Waals surface area (Å²) in [6.07, 6.45) is 0. The van der Waals surface area contributed by atoms with Crippen molar-refractivity contribution in [2.24, 2.45) is 0 Å². The summed E-state index contributed by atoms with van der Waals surface area (Å²) in [4.78, 5) is 13.5. The van der Waals surface area contributed by atoms with Crippen molar-refractivity contribution in [2.75, 3.05) is 19.1 Å². The summed E-state index contributed by atoms with van der Waals surface area (Å²) in [5, 5.41) is 9.92. The van der Waals surface area contributed by atoms with Gasteiger partial charge < -0.3 is 9.64 Å². The highest BCUT2D eigenvalue weighted by molar-refractivity contribution is 6.30. The van der Waals surface area contributed by atoms with Gasteiger partial charge >= 0.3 is 0 Å². The Morgan fingerprint density at radius 1 is 1.30 bits per heavy atom. The third-order valence-electron chi connectivity index (χ3n) is 3.59. The monoisotopic (exact) mass is 328 g/mol. The first-order valence-electron chi connectivity index (χ1n) is 7.05. The minimum Gasteiger partial charge on any atom is -0.496 e. The van der Waals surface area contributed by atoms with Crippen molar-refractivity contribution in [3.63, 3.8) is 0 Å². The summed E-state index contributed by atoms with van der Waals surface area (Å²) < 4.78 is 5.35. The van der Waals surface area contributed by atoms with Gasteiger partial charge in [0.25, 0.3) is 0 Å². The van der Waals surface area contributed by atoms with Crippen LogP contribution in [-0.2, 0) is 6.54 Å². The van der Waals surface area contributed by atoms with Crippen molar-refractivity contribution < 1.29 is 9.53 Å². The fourth-order valence-corrected chi connectivity index (χ4v) is 2.57. The van der Waals surface area contributed by atoms with Crippen LogP contribution in [0.4, 0.5) is 5.69 Å². The van der Waals surface area contributed by atoms with E-state index >= 15 is 0 Å². The Balaban J connectivity index is 2.39. The van der Waals surface area contributed by atoms with Crippen LogP contribution in [0.15, 0.2) is 36.4 Å². The number of ether oxygens (including phenoxy) is 1. The van der Waals surface area contributed by atoms with Gasteiger partial charge in [-0.3, -0.25) is 4.79 Å². The largest absolute Gasteiger partial charge is 0.496 e. The molecule has 0 aromatic heterocycles. The number of rotatable bonds is 5. The van der Waals surface area contributed by atoms with E-state index in [1.165, 1.54) is 6.92 Å². The first-order chi connectivity index (χ1) is 11.0. The summed E-state index contributed by atoms with van der Waals surface area (Å²) in [6, 6.07) is 12.6. The van der Waals surface area contributed by atoms with Crippen LogP contribution < -0.4 is 9.64 Å². The number of anilines is 1. The molecule has 5 heteroatoms. The highest BCUT2D eigenvalue weighted by atomic mass is 35.5. The van der Waals surface area contributed by atoms with E-state index in [1.807, 2.05) is 24.1 Å². The van der Waals surface area contributed by atoms with E-state index in [4.69, 9.17) is 16.3 Å². The minimum atomic E-state index is -0.0375. The fraction of sp³-hybridized carbons (Fsp3) is 0.222. The standard InChI is InChI=1S/C18H17ClN2O2/c1-12(22)13-4-5-14(10-20)17(9-13)21(2)11-15-8-16(19)6-7-18(15)23-3/h4-9H,11H2,1-3H3. The van der Waals surface area contributed by atoms with Gasteiger partial charge in [-0.25, -0.2) is 0 Å². The third kappa shape index (κ3) is 3.82. The SMILES string of the molecule is COc1ccc(Cl)cc1CN(C)c1cc(C(C)=O)ccc1C#N. The smallest absolute Gasteiger partial charge is 0.159 e. The maximum atomic E-state index is 11.6. The van der Waals surface area contributed by atoms with E-state index in [0.717, 1.165) is 11.3 Å². The molecule has 0 amide bonds. The number of hydrogen-bond donors (Lipinski definition) is 0. The molecule has 0 radical (unpaired) electrons. The Labute approximate surface area is 140 Å². The molecule has 4 nitrogen and oxygen atoms in total. The van der Waals surface area contributed by atoms with Gasteiger partial charge in [0.2, 0.25) is 0 Å². The molecule has 0 atom stereocenters. The Bertz CT molecular complexity index is 781. The van der Waals surface area contributed by atoms with Crippen LogP contribution in [0, 0.1) is 11.3 Å². The minimum absolute atomic E-state index is 0.0375. The second-order valence-corrected chi connectivity index (χ2v) is 5.65. The number of nitriles is 1. The zero-order valence-electron chi connectivity index (χ0n) is 13.3. The maximum Gasteiger partial charge on any atom is 0.159 e. The number of ketones is 1. The van der Waals surface area contributed by atoms with Crippen molar-refractivity contribution in [1.29, 1.82) is 5.26 Å². The summed E-state index contributed by atoms with van der Waals surface area (Å²) in [6.45, 7) is 2.00. The highest BCUT2D eigenvalue weighted by Gasteiger charge is 2.13. The van der Waals surface area contributed by atoms with Gasteiger partial charge in [0.15, 0.2) is 5.78 Å². The van der Waals surface area contributed by atoms with E-state index in [-0.39, 0.29) is 5.78 Å². The van der Waals surface area contributed by atoms with Crippen LogP contribution in [0.3, 0.4) is 0 Å². The summed E-state index contributed by atoms with van der Waals surface area (Å²) in [7, 11) is 3.46. The fourth-order valence-electron chi connectivity index (χ4n) is 2.37. The summed E-state index contributed by atoms with van der Waals surface area (Å²) in [5.74, 6) is 0.687. The molecule has 0 fully saturated rings. The van der Waals surface area contributed by atoms with Crippen LogP contribution >= 0.6 is 11.6 Å². The average Bonchev–Trinajstić information content (AvgIpc) is 2.54. The Morgan fingerprint density at radius 3 is 2.65 bits per heavy atom. The van der Waals surface area contributed by atoms with Crippen LogP contribution in [-0.4, -0.2) is 19.9 Å². The van der Waals surface area contributed by atoms with Crippen LogP contribution in [0.5, 0.6) is 5.75 Å². The predicted octanol–water partition coefficient (Wildman–Crippen LogP) is 4.06. The first kappa shape index (κ1) is 16.9. The lowest BCUT2D eigenvalue weighted by Gasteiger charge is -2.22. The zero-order valence-corrected chi connectivity index (χ0v) is 14.0. The molecule has 23 heavy (non-hydrogen) atoms. The molecule has 0 heterocycles. The number of Topliss-reactive ketones (excluding diaryl/α,β-unsaturated/α-hetero) is 1. The van der Waals surface area contributed by atoms with Gasteiger partial charge in [-0.1, -0.05) is 11.6 Å². The number of carbonyl (C=O) groups is 1. The zero-order chi connectivity index (χ0) is 17.0.